The van der Waals surface area contributed by atoms with Crippen molar-refractivity contribution in [2.75, 3.05) is 13.2 Å². The Balaban J connectivity index is 0.00000157. The van der Waals surface area contributed by atoms with E-state index in [0.29, 0.717) is 35.5 Å². The van der Waals surface area contributed by atoms with Crippen LogP contribution in [0.25, 0.3) is 0 Å². The molecule has 0 unspecified atom stereocenters. The summed E-state index contributed by atoms with van der Waals surface area (Å²) < 4.78 is 148. The lowest BCUT2D eigenvalue weighted by Gasteiger charge is -2.21. The average molecular weight is 2040 g/mol. The Labute approximate surface area is 877 Å². The van der Waals surface area contributed by atoms with Gasteiger partial charge in [0.05, 0.1) is 34.8 Å². The molecule has 3 heterocycles. The maximum Gasteiger partial charge on any atom is 0.416 e. The number of aromatic nitrogens is 3. The van der Waals surface area contributed by atoms with E-state index < -0.39 is 35.5 Å². The van der Waals surface area contributed by atoms with Gasteiger partial charge in [-0.25, -0.2) is 26.9 Å². The summed E-state index contributed by atoms with van der Waals surface area (Å²) in [5, 5.41) is 0.770. The fourth-order valence-corrected chi connectivity index (χ4v) is 13.7. The van der Waals surface area contributed by atoms with Crippen LogP contribution in [-0.2, 0) is 73.2 Å². The summed E-state index contributed by atoms with van der Waals surface area (Å²) in [5.74, 6) is -1.18. The first-order valence-corrected chi connectivity index (χ1v) is 51.5. The molecule has 8 aromatic carbocycles. The fraction of sp³-hybridized carbons (Fsp3) is 0.520. The third-order valence-corrected chi connectivity index (χ3v) is 23.7. The normalized spacial score (nSPS) is 12.0. The maximum atomic E-state index is 13.2. The third-order valence-electron chi connectivity index (χ3n) is 22.2. The summed E-state index contributed by atoms with van der Waals surface area (Å²) in [7, 11) is 0. The second-order valence-electron chi connectivity index (χ2n) is 47.5. The van der Waals surface area contributed by atoms with Gasteiger partial charge in [0.2, 0.25) is 0 Å². The van der Waals surface area contributed by atoms with Crippen LogP contribution < -0.4 is 18.9 Å². The highest BCUT2D eigenvalue weighted by Gasteiger charge is 2.33. The number of pyridine rings is 2. The van der Waals surface area contributed by atoms with Crippen LogP contribution >= 0.6 is 11.3 Å². The monoisotopic (exact) mass is 2040 g/mol. The van der Waals surface area contributed by atoms with Crippen molar-refractivity contribution in [3.05, 3.63) is 336 Å². The molecule has 11 rings (SSSR count). The van der Waals surface area contributed by atoms with E-state index in [1.807, 2.05) is 153 Å². The fourth-order valence-electron chi connectivity index (χ4n) is 12.9. The molecule has 0 saturated carbocycles. The molecule has 0 N–H and O–H groups in total. The van der Waals surface area contributed by atoms with Crippen molar-refractivity contribution in [1.29, 1.82) is 0 Å². The van der Waals surface area contributed by atoms with Gasteiger partial charge in [-0.2, -0.15) is 22.0 Å². The molecular formula is C127H185F10N3O4S. The van der Waals surface area contributed by atoms with Crippen LogP contribution in [0.3, 0.4) is 0 Å². The van der Waals surface area contributed by atoms with Crippen molar-refractivity contribution in [2.45, 2.75) is 421 Å². The van der Waals surface area contributed by atoms with Crippen LogP contribution in [0.4, 0.5) is 43.9 Å². The van der Waals surface area contributed by atoms with Crippen LogP contribution in [-0.4, -0.2) is 40.4 Å². The Hall–Kier alpha value is -9.81. The quantitative estimate of drug-likeness (QED) is 0.0947. The molecule has 18 heteroatoms. The van der Waals surface area contributed by atoms with Crippen molar-refractivity contribution in [2.24, 2.45) is 0 Å². The van der Waals surface area contributed by atoms with Gasteiger partial charge in [0.1, 0.15) is 28.8 Å². The lowest BCUT2D eigenvalue weighted by atomic mass is 9.85. The van der Waals surface area contributed by atoms with Gasteiger partial charge >= 0.3 is 12.3 Å². The summed E-state index contributed by atoms with van der Waals surface area (Å²) in [6, 6.07) is 67.2. The highest BCUT2D eigenvalue weighted by molar-refractivity contribution is 7.11. The van der Waals surface area contributed by atoms with E-state index in [4.69, 9.17) is 14.2 Å². The highest BCUT2D eigenvalue weighted by Crippen LogP contribution is 2.39. The number of alkyl halides is 9. The standard InChI is InChI=1S/C13H20O.2C13H20.C12H15F3.C12H16F2O.C12H18O.C11H13F3.C11H17NO.C11H16.C10H15N.C8H11F2NS.CH4/c1-10(2)14-12-8-6-7-11(9-12)13(3,4)5;2*1-10(2)11-7-6-8-12(9-11)13(3,4)5;1-11(2,3)8-5-9(12(4,14)15)7-10(13)6-8;1-11(2,3)9-6-5-7-10(8-9)15-12(4,13)14;1-5-13-11-8-6-7-10(9-11)12(2,3)4;1-10(2,3)8-5-4-6-9(7-8)11(12,13)14;1-5-13-9-6-7-12-10(8-9)11(2,3)4;1-4-10-6-5-7-11(8-10)9(2)3;1-8-5-6-11-9(7-8)10(2,3)4;1-5(2)7-11-4-6(12-7)8(3,9)10;/h6-10H,1-5H3;2*6-10H,1-5H3;5-7H,1-4H3;5-8H,1-4H3;6-9H,5H2,1-4H3;4-7H,1-3H3;6-8H,5H2,1-4H3;5-9H,4H2,1-3H3;5-7H,1-4H3;4-5H,1-3H3;1H4. The molecule has 145 heavy (non-hydrogen) atoms. The minimum Gasteiger partial charge on any atom is -0.494 e. The summed E-state index contributed by atoms with van der Waals surface area (Å²) in [6.07, 6.45) is -1.06. The van der Waals surface area contributed by atoms with E-state index in [1.165, 1.54) is 86.6 Å². The summed E-state index contributed by atoms with van der Waals surface area (Å²) in [4.78, 5) is 12.6. The average Bonchev–Trinajstić information content (AvgIpc) is 1.80. The molecule has 0 radical (unpaired) electrons. The molecule has 11 aromatic rings. The lowest BCUT2D eigenvalue weighted by molar-refractivity contribution is -0.159. The van der Waals surface area contributed by atoms with E-state index in [9.17, 15) is 43.9 Å². The molecule has 0 bridgehead atoms. The van der Waals surface area contributed by atoms with Crippen molar-refractivity contribution in [1.82, 2.24) is 15.0 Å². The van der Waals surface area contributed by atoms with Crippen LogP contribution in [0.5, 0.6) is 23.0 Å². The zero-order valence-electron chi connectivity index (χ0n) is 96.1. The molecule has 0 fully saturated rings. The van der Waals surface area contributed by atoms with Crippen molar-refractivity contribution >= 4 is 11.3 Å². The summed E-state index contributed by atoms with van der Waals surface area (Å²) >= 11 is 1.09. The van der Waals surface area contributed by atoms with Crippen molar-refractivity contribution in [3.63, 3.8) is 0 Å². The topological polar surface area (TPSA) is 75.6 Å². The van der Waals surface area contributed by atoms with Gasteiger partial charge in [-0.3, -0.25) is 9.97 Å². The number of nitrogens with zero attached hydrogens (tertiary/aromatic N) is 3. The SMILES string of the molecule is C.CC(C)(C)c1cc(F)cc(C(C)(F)F)c1.CC(C)(C)c1cccc(C(F)(F)F)c1.CC(C)Oc1cccc(C(C)(C)C)c1.CC(C)c1cccc(C(C)(C)C)c1.CC(C)c1cccc(C(C)(C)C)c1.CC(C)c1ncc(C(C)(F)F)s1.CC(F)(F)Oc1cccc(C(C)(C)C)c1.CCOc1cccc(C(C)(C)C)c1.CCOc1ccnc(C(C)(C)C)c1.CCc1cccc(C(C)C)c1.Cc1ccnc(C(C)(C)C)c1. The van der Waals surface area contributed by atoms with Crippen LogP contribution in [0.1, 0.15) is 428 Å². The number of ether oxygens (including phenoxy) is 4. The van der Waals surface area contributed by atoms with Crippen molar-refractivity contribution < 1.29 is 62.9 Å². The van der Waals surface area contributed by atoms with Crippen molar-refractivity contribution in [3.8, 4) is 23.0 Å². The van der Waals surface area contributed by atoms with Gasteiger partial charge in [0.25, 0.3) is 11.8 Å². The molecule has 0 aliphatic rings. The zero-order valence-corrected chi connectivity index (χ0v) is 96.9. The molecule has 3 aromatic heterocycles. The molecule has 0 spiro atoms. The van der Waals surface area contributed by atoms with Gasteiger partial charge in [-0.15, -0.1) is 11.3 Å². The number of hydrogen-bond acceptors (Lipinski definition) is 8. The molecule has 808 valence electrons. The smallest absolute Gasteiger partial charge is 0.416 e. The Morgan fingerprint density at radius 2 is 0.628 bits per heavy atom. The molecule has 7 nitrogen and oxygen atoms in total. The summed E-state index contributed by atoms with van der Waals surface area (Å²) in [6.45, 7) is 90.6. The number of hydrogen-bond donors (Lipinski definition) is 0. The van der Waals surface area contributed by atoms with Crippen LogP contribution in [0.2, 0.25) is 0 Å². The van der Waals surface area contributed by atoms with E-state index in [2.05, 4.69) is 309 Å². The third kappa shape index (κ3) is 55.2. The predicted octanol–water partition coefficient (Wildman–Crippen LogP) is 40.4. The van der Waals surface area contributed by atoms with E-state index in [0.717, 1.165) is 96.5 Å². The van der Waals surface area contributed by atoms with Gasteiger partial charge in [0.15, 0.2) is 0 Å². The number of halogens is 10. The number of thiazole rings is 1. The van der Waals surface area contributed by atoms with E-state index in [-0.39, 0.29) is 84.4 Å². The van der Waals surface area contributed by atoms with Crippen LogP contribution in [0, 0.1) is 12.7 Å². The first-order chi connectivity index (χ1) is 65.4. The second kappa shape index (κ2) is 58.8. The first kappa shape index (κ1) is 135. The Morgan fingerprint density at radius 1 is 0.303 bits per heavy atom. The van der Waals surface area contributed by atoms with Crippen LogP contribution in [0.15, 0.2) is 231 Å². The maximum absolute atomic E-state index is 13.2. The molecule has 0 aliphatic carbocycles. The van der Waals surface area contributed by atoms with Gasteiger partial charge in [-0.05, 0) is 242 Å². The second-order valence-corrected chi connectivity index (χ2v) is 48.5. The largest absolute Gasteiger partial charge is 0.494 e. The van der Waals surface area contributed by atoms with E-state index >= 15 is 0 Å². The molecule has 0 aliphatic heterocycles. The van der Waals surface area contributed by atoms with Gasteiger partial charge in [-0.1, -0.05) is 384 Å². The van der Waals surface area contributed by atoms with E-state index in [1.54, 1.807) is 24.4 Å². The van der Waals surface area contributed by atoms with Gasteiger partial charge < -0.3 is 18.9 Å². The molecule has 0 saturated heterocycles. The van der Waals surface area contributed by atoms with Gasteiger partial charge in [0, 0.05) is 79.1 Å². The molecule has 0 atom stereocenters. The number of aryl methyl sites for hydroxylation is 2. The first-order valence-electron chi connectivity index (χ1n) is 50.6. The number of rotatable bonds is 15. The Morgan fingerprint density at radius 3 is 0.959 bits per heavy atom. The Bertz CT molecular complexity index is 5330. The summed E-state index contributed by atoms with van der Waals surface area (Å²) in [5.41, 5.74) is 16.7. The lowest BCUT2D eigenvalue weighted by Crippen LogP contribution is -2.19. The number of benzene rings is 8. The highest BCUT2D eigenvalue weighted by atomic mass is 32.1. The minimum atomic E-state index is -4.25. The molecule has 0 amide bonds. The Kier molecular flexibility index (Phi) is 54.8. The molecular weight excluding hydrogens is 1850 g/mol. The minimum absolute atomic E-state index is 0. The predicted molar refractivity (Wildman–Crippen MR) is 601 cm³/mol. The zero-order chi connectivity index (χ0) is 111.